The van der Waals surface area contributed by atoms with Gasteiger partial charge in [0.15, 0.2) is 0 Å². The minimum atomic E-state index is 0.418. The summed E-state index contributed by atoms with van der Waals surface area (Å²) < 4.78 is 0. The van der Waals surface area contributed by atoms with Crippen molar-refractivity contribution >= 4 is 17.7 Å². The molecular weight excluding hydrogens is 224 g/mol. The molecular formula is C9H10N6S. The quantitative estimate of drug-likeness (QED) is 0.790. The summed E-state index contributed by atoms with van der Waals surface area (Å²) in [5.74, 6) is 0.418. The minimum absolute atomic E-state index is 0.418. The normalized spacial score (nSPS) is 10.1. The highest BCUT2D eigenvalue weighted by Gasteiger charge is 1.99. The number of anilines is 1. The van der Waals surface area contributed by atoms with Gasteiger partial charge in [0.05, 0.1) is 0 Å². The largest absolute Gasteiger partial charge is 0.347 e. The van der Waals surface area contributed by atoms with Crippen molar-refractivity contribution in [2.75, 3.05) is 11.6 Å². The van der Waals surface area contributed by atoms with Crippen LogP contribution >= 0.6 is 11.8 Å². The molecule has 0 unspecified atom stereocenters. The highest BCUT2D eigenvalue weighted by Crippen LogP contribution is 2.05. The van der Waals surface area contributed by atoms with Gasteiger partial charge in [-0.2, -0.15) is 0 Å². The Hall–Kier alpha value is -1.76. The van der Waals surface area contributed by atoms with Crippen LogP contribution in [0.2, 0.25) is 0 Å². The molecule has 0 aliphatic carbocycles. The van der Waals surface area contributed by atoms with Crippen LogP contribution in [0.4, 0.5) is 5.95 Å². The molecule has 0 amide bonds. The number of pyridine rings is 1. The van der Waals surface area contributed by atoms with E-state index in [4.69, 9.17) is 0 Å². The maximum Gasteiger partial charge on any atom is 0.262 e. The van der Waals surface area contributed by atoms with E-state index in [1.807, 2.05) is 18.4 Å². The van der Waals surface area contributed by atoms with Crippen molar-refractivity contribution in [2.45, 2.75) is 11.7 Å². The molecule has 0 bridgehead atoms. The van der Waals surface area contributed by atoms with Crippen molar-refractivity contribution in [3.63, 3.8) is 0 Å². The fraction of sp³-hybridized carbons (Fsp3) is 0.222. The molecule has 6 nitrogen and oxygen atoms in total. The van der Waals surface area contributed by atoms with Gasteiger partial charge >= 0.3 is 0 Å². The van der Waals surface area contributed by atoms with Gasteiger partial charge in [-0.25, -0.2) is 0 Å². The molecule has 0 spiro atoms. The molecule has 16 heavy (non-hydrogen) atoms. The van der Waals surface area contributed by atoms with E-state index >= 15 is 0 Å². The molecule has 0 fully saturated rings. The smallest absolute Gasteiger partial charge is 0.262 e. The zero-order chi connectivity index (χ0) is 11.2. The Morgan fingerprint density at radius 2 is 2.06 bits per heavy atom. The number of nitrogens with one attached hydrogen (secondary N) is 1. The summed E-state index contributed by atoms with van der Waals surface area (Å²) in [5, 5.41) is 19.1. The fourth-order valence-corrected chi connectivity index (χ4v) is 1.30. The number of nitrogens with zero attached hydrogens (tertiary/aromatic N) is 5. The first-order valence-corrected chi connectivity index (χ1v) is 5.85. The standard InChI is InChI=1S/C9H10N6S/c1-16-9-14-12-8(13-15-9)11-6-7-3-2-4-10-5-7/h2-5H,6H2,1H3,(H,11,12,13). The summed E-state index contributed by atoms with van der Waals surface area (Å²) >= 11 is 1.41. The lowest BCUT2D eigenvalue weighted by atomic mass is 10.3. The van der Waals surface area contributed by atoms with Gasteiger partial charge in [0.25, 0.3) is 5.95 Å². The molecule has 7 heteroatoms. The number of hydrogen-bond donors (Lipinski definition) is 1. The molecule has 0 atom stereocenters. The number of aromatic nitrogens is 5. The molecule has 0 radical (unpaired) electrons. The van der Waals surface area contributed by atoms with Crippen LogP contribution in [0.15, 0.2) is 29.7 Å². The van der Waals surface area contributed by atoms with Gasteiger partial charge in [-0.3, -0.25) is 4.98 Å². The Bertz CT molecular complexity index is 432. The Balaban J connectivity index is 1.94. The van der Waals surface area contributed by atoms with Gasteiger partial charge in [0, 0.05) is 18.9 Å². The predicted molar refractivity (Wildman–Crippen MR) is 61.0 cm³/mol. The average Bonchev–Trinajstić information content (AvgIpc) is 2.38. The third-order valence-corrected chi connectivity index (χ3v) is 2.34. The third kappa shape index (κ3) is 2.86. The zero-order valence-electron chi connectivity index (χ0n) is 8.66. The number of thioether (sulfide) groups is 1. The molecule has 2 aromatic heterocycles. The topological polar surface area (TPSA) is 76.5 Å². The number of rotatable bonds is 4. The SMILES string of the molecule is CSc1nnc(NCc2cccnc2)nn1. The summed E-state index contributed by atoms with van der Waals surface area (Å²) in [6.07, 6.45) is 5.39. The van der Waals surface area contributed by atoms with Crippen LogP contribution in [0.3, 0.4) is 0 Å². The van der Waals surface area contributed by atoms with Gasteiger partial charge in [0.1, 0.15) is 0 Å². The third-order valence-electron chi connectivity index (χ3n) is 1.82. The lowest BCUT2D eigenvalue weighted by Gasteiger charge is -2.02. The Kier molecular flexibility index (Phi) is 3.60. The Morgan fingerprint density at radius 3 is 2.69 bits per heavy atom. The summed E-state index contributed by atoms with van der Waals surface area (Å²) in [6.45, 7) is 0.607. The van der Waals surface area contributed by atoms with E-state index in [2.05, 4.69) is 30.7 Å². The molecule has 2 rings (SSSR count). The van der Waals surface area contributed by atoms with Crippen LogP contribution in [0.25, 0.3) is 0 Å². The second-order valence-corrected chi connectivity index (χ2v) is 3.70. The summed E-state index contributed by atoms with van der Waals surface area (Å²) in [5.41, 5.74) is 1.06. The van der Waals surface area contributed by atoms with Crippen LogP contribution in [-0.4, -0.2) is 31.6 Å². The van der Waals surface area contributed by atoms with Crippen molar-refractivity contribution in [3.05, 3.63) is 30.1 Å². The predicted octanol–water partition coefficient (Wildman–Crippen LogP) is 0.996. The van der Waals surface area contributed by atoms with Gasteiger partial charge in [0.2, 0.25) is 5.16 Å². The van der Waals surface area contributed by atoms with E-state index in [9.17, 15) is 0 Å². The van der Waals surface area contributed by atoms with Gasteiger partial charge < -0.3 is 5.32 Å². The van der Waals surface area contributed by atoms with Crippen molar-refractivity contribution in [3.8, 4) is 0 Å². The van der Waals surface area contributed by atoms with E-state index in [1.54, 1.807) is 12.4 Å². The summed E-state index contributed by atoms with van der Waals surface area (Å²) in [7, 11) is 0. The lowest BCUT2D eigenvalue weighted by molar-refractivity contribution is 0.748. The van der Waals surface area contributed by atoms with Gasteiger partial charge in [-0.1, -0.05) is 17.8 Å². The highest BCUT2D eigenvalue weighted by molar-refractivity contribution is 7.98. The van der Waals surface area contributed by atoms with Crippen molar-refractivity contribution in [1.82, 2.24) is 25.4 Å². The van der Waals surface area contributed by atoms with Gasteiger partial charge in [-0.15, -0.1) is 20.4 Å². The van der Waals surface area contributed by atoms with Crippen LogP contribution in [-0.2, 0) is 6.54 Å². The maximum atomic E-state index is 4.01. The minimum Gasteiger partial charge on any atom is -0.347 e. The first-order valence-electron chi connectivity index (χ1n) is 4.62. The molecule has 1 N–H and O–H groups in total. The fourth-order valence-electron chi connectivity index (χ4n) is 1.06. The van der Waals surface area contributed by atoms with Crippen LogP contribution in [0.1, 0.15) is 5.56 Å². The molecule has 0 saturated heterocycles. The summed E-state index contributed by atoms with van der Waals surface area (Å²) in [4.78, 5) is 4.01. The molecule has 82 valence electrons. The number of hydrogen-bond acceptors (Lipinski definition) is 7. The second kappa shape index (κ2) is 5.36. The second-order valence-electron chi connectivity index (χ2n) is 2.93. The van der Waals surface area contributed by atoms with Gasteiger partial charge in [-0.05, 0) is 17.9 Å². The monoisotopic (exact) mass is 234 g/mol. The zero-order valence-corrected chi connectivity index (χ0v) is 9.48. The van der Waals surface area contributed by atoms with Crippen molar-refractivity contribution in [2.24, 2.45) is 0 Å². The molecule has 2 aromatic rings. The van der Waals surface area contributed by atoms with E-state index < -0.39 is 0 Å². The average molecular weight is 234 g/mol. The first-order chi connectivity index (χ1) is 7.88. The Labute approximate surface area is 96.9 Å². The van der Waals surface area contributed by atoms with Crippen molar-refractivity contribution < 1.29 is 0 Å². The van der Waals surface area contributed by atoms with E-state index in [1.165, 1.54) is 11.8 Å². The van der Waals surface area contributed by atoms with E-state index in [0.717, 1.165) is 5.56 Å². The van der Waals surface area contributed by atoms with Crippen LogP contribution in [0.5, 0.6) is 0 Å². The summed E-state index contributed by atoms with van der Waals surface area (Å²) in [6, 6.07) is 3.85. The molecule has 0 aliphatic rings. The van der Waals surface area contributed by atoms with Crippen LogP contribution in [0, 0.1) is 0 Å². The van der Waals surface area contributed by atoms with Crippen LogP contribution < -0.4 is 5.32 Å². The molecule has 2 heterocycles. The maximum absolute atomic E-state index is 4.01. The molecule has 0 aliphatic heterocycles. The first kappa shape index (κ1) is 10.7. The molecule has 0 saturated carbocycles. The van der Waals surface area contributed by atoms with E-state index in [-0.39, 0.29) is 0 Å². The molecule has 0 aromatic carbocycles. The van der Waals surface area contributed by atoms with Crippen molar-refractivity contribution in [1.29, 1.82) is 0 Å². The highest BCUT2D eigenvalue weighted by atomic mass is 32.2. The lowest BCUT2D eigenvalue weighted by Crippen LogP contribution is -2.06. The Morgan fingerprint density at radius 1 is 1.25 bits per heavy atom. The van der Waals surface area contributed by atoms with E-state index in [0.29, 0.717) is 17.6 Å².